The van der Waals surface area contributed by atoms with Gasteiger partial charge in [0.05, 0.1) is 23.8 Å². The van der Waals surface area contributed by atoms with Gasteiger partial charge in [0.2, 0.25) is 0 Å². The first-order chi connectivity index (χ1) is 14.5. The number of imidazole rings is 1. The molecule has 30 heavy (non-hydrogen) atoms. The summed E-state index contributed by atoms with van der Waals surface area (Å²) in [6.45, 7) is 11.0. The minimum absolute atomic E-state index is 0.651. The average molecular weight is 418 g/mol. The van der Waals surface area contributed by atoms with Gasteiger partial charge in [0.1, 0.15) is 30.3 Å². The van der Waals surface area contributed by atoms with Crippen molar-refractivity contribution in [3.8, 4) is 11.4 Å². The molecule has 5 rings (SSSR count). The maximum Gasteiger partial charge on any atom is 0.178 e. The van der Waals surface area contributed by atoms with Crippen LogP contribution in [0.4, 0.5) is 11.4 Å². The molecule has 0 spiro atoms. The second kappa shape index (κ2) is 7.51. The van der Waals surface area contributed by atoms with Crippen molar-refractivity contribution in [1.29, 1.82) is 0 Å². The van der Waals surface area contributed by atoms with Gasteiger partial charge in [-0.05, 0) is 49.2 Å². The van der Waals surface area contributed by atoms with E-state index in [1.807, 2.05) is 37.4 Å². The maximum absolute atomic E-state index is 6.61. The zero-order valence-electron chi connectivity index (χ0n) is 16.7. The Balaban J connectivity index is 1.65. The first kappa shape index (κ1) is 19.2. The van der Waals surface area contributed by atoms with Gasteiger partial charge in [-0.1, -0.05) is 23.7 Å². The van der Waals surface area contributed by atoms with Crippen LogP contribution < -0.4 is 4.48 Å². The minimum Gasteiger partial charge on any atom is -0.370 e. The fraction of sp³-hybridized carbons (Fsp3) is 0.208. The average Bonchev–Trinajstić information content (AvgIpc) is 3.18. The van der Waals surface area contributed by atoms with E-state index in [9.17, 15) is 0 Å². The highest BCUT2D eigenvalue weighted by molar-refractivity contribution is 6.33. The maximum atomic E-state index is 6.61. The summed E-state index contributed by atoms with van der Waals surface area (Å²) in [5.74, 6) is 0.721. The third kappa shape index (κ3) is 3.29. The largest absolute Gasteiger partial charge is 0.370 e. The highest BCUT2D eigenvalue weighted by Gasteiger charge is 2.36. The molecule has 150 valence electrons. The first-order valence-electron chi connectivity index (χ1n) is 9.99. The fourth-order valence-electron chi connectivity index (χ4n) is 4.17. The van der Waals surface area contributed by atoms with Crippen LogP contribution in [0.1, 0.15) is 11.1 Å². The van der Waals surface area contributed by atoms with E-state index in [-0.39, 0.29) is 0 Å². The van der Waals surface area contributed by atoms with Crippen LogP contribution >= 0.6 is 11.6 Å². The van der Waals surface area contributed by atoms with Crippen LogP contribution in [0.5, 0.6) is 0 Å². The van der Waals surface area contributed by atoms with Crippen LogP contribution in [0.25, 0.3) is 22.6 Å². The van der Waals surface area contributed by atoms with Crippen molar-refractivity contribution in [3.05, 3.63) is 77.8 Å². The summed E-state index contributed by atoms with van der Waals surface area (Å²) in [4.78, 5) is 12.5. The number of ether oxygens (including phenoxy) is 1. The molecule has 2 aromatic carbocycles. The Labute approximate surface area is 180 Å². The van der Waals surface area contributed by atoms with Crippen molar-refractivity contribution >= 4 is 34.1 Å². The van der Waals surface area contributed by atoms with Crippen LogP contribution in [0.3, 0.4) is 0 Å². The lowest BCUT2D eigenvalue weighted by Crippen LogP contribution is -2.52. The highest BCUT2D eigenvalue weighted by atomic mass is 35.5. The molecule has 1 aliphatic rings. The van der Waals surface area contributed by atoms with Gasteiger partial charge >= 0.3 is 0 Å². The second-order valence-corrected chi connectivity index (χ2v) is 8.16. The number of benzene rings is 2. The number of hydrogen-bond donors (Lipinski definition) is 1. The summed E-state index contributed by atoms with van der Waals surface area (Å²) in [5, 5.41) is 0.651. The van der Waals surface area contributed by atoms with E-state index in [0.717, 1.165) is 46.8 Å². The van der Waals surface area contributed by atoms with Crippen molar-refractivity contribution in [2.75, 3.05) is 26.3 Å². The van der Waals surface area contributed by atoms with Crippen LogP contribution in [-0.4, -0.2) is 41.3 Å². The Morgan fingerprint density at radius 1 is 1.03 bits per heavy atom. The molecule has 1 saturated heterocycles. The van der Waals surface area contributed by atoms with E-state index in [1.54, 1.807) is 0 Å². The number of aromatic amines is 1. The minimum atomic E-state index is 0.651. The number of quaternary nitrogens is 1. The van der Waals surface area contributed by atoms with Crippen molar-refractivity contribution in [2.24, 2.45) is 0 Å². The summed E-state index contributed by atoms with van der Waals surface area (Å²) < 4.78 is 6.37. The number of aromatic nitrogens is 3. The third-order valence-electron chi connectivity index (χ3n) is 5.80. The molecule has 0 amide bonds. The molecule has 0 atom stereocenters. The molecule has 4 aromatic rings. The van der Waals surface area contributed by atoms with Crippen LogP contribution in [0.2, 0.25) is 5.02 Å². The van der Waals surface area contributed by atoms with Crippen molar-refractivity contribution < 1.29 is 4.74 Å². The SMILES string of the molecule is [CH]c1ccc([N+]2(c3ccc(Cl)c(-c4nc5ncc(C)cc5[nH]4)c3)CCOCC2)cc1. The van der Waals surface area contributed by atoms with Crippen molar-refractivity contribution in [3.63, 3.8) is 0 Å². The molecule has 1 N–H and O–H groups in total. The lowest BCUT2D eigenvalue weighted by molar-refractivity contribution is 0.0642. The van der Waals surface area contributed by atoms with Crippen LogP contribution in [0, 0.1) is 13.8 Å². The Kier molecular flexibility index (Phi) is 4.82. The van der Waals surface area contributed by atoms with Crippen LogP contribution in [-0.2, 0) is 4.74 Å². The standard InChI is InChI=1S/C24H22ClN4O/c1-16-3-5-18(6-4-16)29(9-11-30-12-10-29)19-7-8-21(25)20(14-19)23-27-22-13-17(2)15-26-24(22)28-23/h1,3-8,13-15H,9-12H2,2H3,(H,26,27,28)/q+1. The van der Waals surface area contributed by atoms with Gasteiger partial charge < -0.3 is 9.72 Å². The number of fused-ring (bicyclic) bond motifs is 1. The van der Waals surface area contributed by atoms with E-state index >= 15 is 0 Å². The summed E-state index contributed by atoms with van der Waals surface area (Å²) in [6.07, 6.45) is 1.82. The molecule has 6 heteroatoms. The third-order valence-corrected chi connectivity index (χ3v) is 6.13. The Hall–Kier alpha value is -2.73. The topological polar surface area (TPSA) is 50.8 Å². The van der Waals surface area contributed by atoms with Gasteiger partial charge in [-0.2, -0.15) is 0 Å². The van der Waals surface area contributed by atoms with E-state index < -0.39 is 0 Å². The molecular weight excluding hydrogens is 396 g/mol. The second-order valence-electron chi connectivity index (χ2n) is 7.75. The zero-order chi connectivity index (χ0) is 20.7. The van der Waals surface area contributed by atoms with E-state index in [0.29, 0.717) is 28.4 Å². The first-order valence-corrected chi connectivity index (χ1v) is 10.4. The summed E-state index contributed by atoms with van der Waals surface area (Å²) >= 11 is 6.61. The van der Waals surface area contributed by atoms with Crippen LogP contribution in [0.15, 0.2) is 54.7 Å². The lowest BCUT2D eigenvalue weighted by Gasteiger charge is -2.40. The number of rotatable bonds is 3. The molecule has 1 aliphatic heterocycles. The Morgan fingerprint density at radius 2 is 1.77 bits per heavy atom. The van der Waals surface area contributed by atoms with Gasteiger partial charge in [0.25, 0.3) is 0 Å². The van der Waals surface area contributed by atoms with E-state index in [4.69, 9.17) is 23.3 Å². The summed E-state index contributed by atoms with van der Waals surface area (Å²) in [5.41, 5.74) is 6.62. The lowest BCUT2D eigenvalue weighted by atomic mass is 10.1. The molecule has 0 saturated carbocycles. The number of H-pyrrole nitrogens is 1. The van der Waals surface area contributed by atoms with Gasteiger partial charge in [0.15, 0.2) is 5.65 Å². The number of hydrogen-bond acceptors (Lipinski definition) is 3. The summed E-state index contributed by atoms with van der Waals surface area (Å²) in [7, 11) is 0. The van der Waals surface area contributed by atoms with Gasteiger partial charge in [-0.15, -0.1) is 0 Å². The van der Waals surface area contributed by atoms with E-state index in [2.05, 4.69) is 39.2 Å². The van der Waals surface area contributed by atoms with E-state index in [1.165, 1.54) is 5.69 Å². The molecule has 0 aliphatic carbocycles. The predicted molar refractivity (Wildman–Crippen MR) is 121 cm³/mol. The number of nitrogens with one attached hydrogen (secondary N) is 1. The Morgan fingerprint density at radius 3 is 2.53 bits per heavy atom. The normalized spacial score (nSPS) is 16.1. The summed E-state index contributed by atoms with van der Waals surface area (Å²) in [6, 6.07) is 16.3. The van der Waals surface area contributed by atoms with Gasteiger partial charge in [-0.25, -0.2) is 9.97 Å². The predicted octanol–water partition coefficient (Wildman–Crippen LogP) is 5.32. The number of aryl methyl sites for hydroxylation is 1. The molecule has 1 fully saturated rings. The fourth-order valence-corrected chi connectivity index (χ4v) is 4.38. The van der Waals surface area contributed by atoms with Gasteiger partial charge in [-0.3, -0.25) is 4.48 Å². The molecule has 0 unspecified atom stereocenters. The smallest absolute Gasteiger partial charge is 0.178 e. The molecule has 0 bridgehead atoms. The number of halogens is 1. The molecule has 5 nitrogen and oxygen atoms in total. The van der Waals surface area contributed by atoms with Crippen molar-refractivity contribution in [1.82, 2.24) is 19.4 Å². The monoisotopic (exact) mass is 417 g/mol. The molecule has 2 radical (unpaired) electrons. The quantitative estimate of drug-likeness (QED) is 0.459. The van der Waals surface area contributed by atoms with Crippen molar-refractivity contribution in [2.45, 2.75) is 6.92 Å². The Bertz CT molecular complexity index is 1210. The highest BCUT2D eigenvalue weighted by Crippen LogP contribution is 2.40. The number of morpholine rings is 1. The zero-order valence-corrected chi connectivity index (χ0v) is 17.5. The molecule has 2 aromatic heterocycles. The van der Waals surface area contributed by atoms with Gasteiger partial charge in [0, 0.05) is 23.9 Å². The molecular formula is C24H22ClN4O+. The molecule has 3 heterocycles. The number of pyridine rings is 1. The number of nitrogens with zero attached hydrogens (tertiary/aromatic N) is 3.